The van der Waals surface area contributed by atoms with Crippen LogP contribution in [0.2, 0.25) is 0 Å². The van der Waals surface area contributed by atoms with Crippen molar-refractivity contribution in [2.75, 3.05) is 17.7 Å². The van der Waals surface area contributed by atoms with E-state index < -0.39 is 0 Å². The molecule has 7 nitrogen and oxygen atoms in total. The molecular formula is C17H20BrN5O2S. The molecule has 2 aromatic rings. The van der Waals surface area contributed by atoms with E-state index in [9.17, 15) is 4.79 Å². The fourth-order valence-corrected chi connectivity index (χ4v) is 3.96. The minimum absolute atomic E-state index is 0.107. The van der Waals surface area contributed by atoms with Crippen LogP contribution in [-0.4, -0.2) is 44.1 Å². The Hall–Kier alpha value is -1.45. The van der Waals surface area contributed by atoms with Crippen molar-refractivity contribution in [3.05, 3.63) is 28.6 Å². The number of nitrogens with zero attached hydrogens (tertiary/aromatic N) is 4. The van der Waals surface area contributed by atoms with Gasteiger partial charge in [0.05, 0.1) is 18.4 Å². The third kappa shape index (κ3) is 4.44. The number of aromatic nitrogens is 4. The molecule has 26 heavy (non-hydrogen) atoms. The van der Waals surface area contributed by atoms with Crippen molar-refractivity contribution in [3.63, 3.8) is 0 Å². The van der Waals surface area contributed by atoms with Crippen LogP contribution >= 0.6 is 27.7 Å². The van der Waals surface area contributed by atoms with Crippen LogP contribution < -0.4 is 5.32 Å². The summed E-state index contributed by atoms with van der Waals surface area (Å²) in [5, 5.41) is 12.3. The van der Waals surface area contributed by atoms with Crippen LogP contribution in [0.25, 0.3) is 0 Å². The predicted octanol–water partition coefficient (Wildman–Crippen LogP) is 3.22. The number of nitrogens with one attached hydrogen (secondary N) is 1. The lowest BCUT2D eigenvalue weighted by molar-refractivity contribution is -0.113. The van der Waals surface area contributed by atoms with Gasteiger partial charge in [-0.2, -0.15) is 0 Å². The first kappa shape index (κ1) is 17.9. The van der Waals surface area contributed by atoms with Gasteiger partial charge in [-0.3, -0.25) is 4.79 Å². The standard InChI is InChI=1S/C17H20BrN5O2S/c18-12-5-6-14(19-8-12)20-15(24)10-26-17-22-21-16(11-3-4-11)23(17)9-13-2-1-7-25-13/h5-6,8,11,13H,1-4,7,9-10H2,(H,19,20,24). The van der Waals surface area contributed by atoms with Gasteiger partial charge in [0.15, 0.2) is 5.16 Å². The topological polar surface area (TPSA) is 81.9 Å². The molecule has 2 fully saturated rings. The van der Waals surface area contributed by atoms with Crippen molar-refractivity contribution < 1.29 is 9.53 Å². The van der Waals surface area contributed by atoms with E-state index in [1.54, 1.807) is 12.3 Å². The molecule has 1 amide bonds. The smallest absolute Gasteiger partial charge is 0.236 e. The third-order valence-electron chi connectivity index (χ3n) is 4.43. The first-order valence-electron chi connectivity index (χ1n) is 8.78. The molecular weight excluding hydrogens is 418 g/mol. The molecule has 0 radical (unpaired) electrons. The summed E-state index contributed by atoms with van der Waals surface area (Å²) in [5.74, 6) is 2.26. The molecule has 0 aromatic carbocycles. The quantitative estimate of drug-likeness (QED) is 0.669. The van der Waals surface area contributed by atoms with E-state index in [2.05, 4.69) is 41.0 Å². The second-order valence-electron chi connectivity index (χ2n) is 6.56. The lowest BCUT2D eigenvalue weighted by atomic mass is 10.2. The van der Waals surface area contributed by atoms with E-state index in [-0.39, 0.29) is 17.8 Å². The van der Waals surface area contributed by atoms with Crippen LogP contribution in [-0.2, 0) is 16.1 Å². The molecule has 1 atom stereocenters. The normalized spacial score (nSPS) is 19.7. The zero-order chi connectivity index (χ0) is 17.9. The Morgan fingerprint density at radius 2 is 2.23 bits per heavy atom. The highest BCUT2D eigenvalue weighted by molar-refractivity contribution is 9.10. The average molecular weight is 438 g/mol. The maximum absolute atomic E-state index is 12.2. The number of amides is 1. The number of anilines is 1. The molecule has 0 spiro atoms. The molecule has 2 aromatic heterocycles. The fraction of sp³-hybridized carbons (Fsp3) is 0.529. The molecule has 1 unspecified atom stereocenters. The minimum atomic E-state index is -0.107. The van der Waals surface area contributed by atoms with Crippen molar-refractivity contribution in [1.29, 1.82) is 0 Å². The Morgan fingerprint density at radius 3 is 2.92 bits per heavy atom. The van der Waals surface area contributed by atoms with Gasteiger partial charge < -0.3 is 14.6 Å². The van der Waals surface area contributed by atoms with Gasteiger partial charge in [0, 0.05) is 23.2 Å². The van der Waals surface area contributed by atoms with E-state index in [0.29, 0.717) is 11.7 Å². The zero-order valence-corrected chi connectivity index (χ0v) is 16.6. The van der Waals surface area contributed by atoms with Crippen molar-refractivity contribution in [2.45, 2.75) is 49.4 Å². The number of pyridine rings is 1. The monoisotopic (exact) mass is 437 g/mol. The summed E-state index contributed by atoms with van der Waals surface area (Å²) in [7, 11) is 0. The summed E-state index contributed by atoms with van der Waals surface area (Å²) >= 11 is 4.74. The van der Waals surface area contributed by atoms with E-state index in [4.69, 9.17) is 4.74 Å². The second-order valence-corrected chi connectivity index (χ2v) is 8.42. The number of carbonyl (C=O) groups is 1. The van der Waals surface area contributed by atoms with Crippen LogP contribution in [0.3, 0.4) is 0 Å². The van der Waals surface area contributed by atoms with Gasteiger partial charge >= 0.3 is 0 Å². The summed E-state index contributed by atoms with van der Waals surface area (Å²) in [6.45, 7) is 1.60. The van der Waals surface area contributed by atoms with Gasteiger partial charge in [-0.15, -0.1) is 10.2 Å². The molecule has 3 heterocycles. The highest BCUT2D eigenvalue weighted by Gasteiger charge is 2.31. The van der Waals surface area contributed by atoms with Crippen molar-refractivity contribution in [2.24, 2.45) is 0 Å². The fourth-order valence-electron chi connectivity index (χ4n) is 2.97. The van der Waals surface area contributed by atoms with Crippen LogP contribution in [0, 0.1) is 0 Å². The summed E-state index contributed by atoms with van der Waals surface area (Å²) in [4.78, 5) is 16.4. The summed E-state index contributed by atoms with van der Waals surface area (Å²) in [6, 6.07) is 3.60. The molecule has 1 saturated heterocycles. The van der Waals surface area contributed by atoms with Crippen LogP contribution in [0.15, 0.2) is 28.0 Å². The van der Waals surface area contributed by atoms with Gasteiger partial charge in [-0.1, -0.05) is 11.8 Å². The Labute approximate surface area is 164 Å². The maximum atomic E-state index is 12.2. The van der Waals surface area contributed by atoms with E-state index in [1.807, 2.05) is 6.07 Å². The Balaban J connectivity index is 1.39. The number of ether oxygens (including phenoxy) is 1. The molecule has 1 saturated carbocycles. The number of hydrogen-bond donors (Lipinski definition) is 1. The predicted molar refractivity (Wildman–Crippen MR) is 102 cm³/mol. The molecule has 1 aliphatic heterocycles. The van der Waals surface area contributed by atoms with Gasteiger partial charge in [0.2, 0.25) is 5.91 Å². The Morgan fingerprint density at radius 1 is 1.35 bits per heavy atom. The van der Waals surface area contributed by atoms with E-state index >= 15 is 0 Å². The minimum Gasteiger partial charge on any atom is -0.376 e. The third-order valence-corrected chi connectivity index (χ3v) is 5.86. The highest BCUT2D eigenvalue weighted by atomic mass is 79.9. The number of rotatable bonds is 7. The van der Waals surface area contributed by atoms with Crippen molar-refractivity contribution >= 4 is 39.4 Å². The lowest BCUT2D eigenvalue weighted by Gasteiger charge is -2.14. The van der Waals surface area contributed by atoms with Crippen LogP contribution in [0.4, 0.5) is 5.82 Å². The molecule has 0 bridgehead atoms. The average Bonchev–Trinajstić information content (AvgIpc) is 3.20. The largest absolute Gasteiger partial charge is 0.376 e. The Bertz CT molecular complexity index is 772. The molecule has 1 aliphatic carbocycles. The van der Waals surface area contributed by atoms with Gasteiger partial charge in [0.25, 0.3) is 0 Å². The number of hydrogen-bond acceptors (Lipinski definition) is 6. The summed E-state index contributed by atoms with van der Waals surface area (Å²) in [5.41, 5.74) is 0. The van der Waals surface area contributed by atoms with Crippen LogP contribution in [0.5, 0.6) is 0 Å². The molecule has 4 rings (SSSR count). The van der Waals surface area contributed by atoms with Gasteiger partial charge in [0.1, 0.15) is 11.6 Å². The van der Waals surface area contributed by atoms with Crippen LogP contribution in [0.1, 0.15) is 37.4 Å². The molecule has 9 heteroatoms. The van der Waals surface area contributed by atoms with E-state index in [1.165, 1.54) is 24.6 Å². The van der Waals surface area contributed by atoms with Crippen molar-refractivity contribution in [3.8, 4) is 0 Å². The summed E-state index contributed by atoms with van der Waals surface area (Å²) in [6.07, 6.45) is 6.40. The molecule has 2 aliphatic rings. The SMILES string of the molecule is O=C(CSc1nnc(C2CC2)n1CC1CCCO1)Nc1ccc(Br)cn1. The van der Waals surface area contributed by atoms with Gasteiger partial charge in [-0.25, -0.2) is 4.98 Å². The van der Waals surface area contributed by atoms with Crippen molar-refractivity contribution in [1.82, 2.24) is 19.7 Å². The maximum Gasteiger partial charge on any atom is 0.236 e. The van der Waals surface area contributed by atoms with Gasteiger partial charge in [-0.05, 0) is 53.7 Å². The first-order valence-corrected chi connectivity index (χ1v) is 10.6. The zero-order valence-electron chi connectivity index (χ0n) is 14.2. The van der Waals surface area contributed by atoms with E-state index in [0.717, 1.165) is 41.4 Å². The second kappa shape index (κ2) is 8.06. The number of carbonyl (C=O) groups excluding carboxylic acids is 1. The summed E-state index contributed by atoms with van der Waals surface area (Å²) < 4.78 is 8.80. The number of halogens is 1. The lowest BCUT2D eigenvalue weighted by Crippen LogP contribution is -2.19. The highest BCUT2D eigenvalue weighted by Crippen LogP contribution is 2.40. The molecule has 138 valence electrons. The Kier molecular flexibility index (Phi) is 5.56. The molecule has 1 N–H and O–H groups in total. The first-order chi connectivity index (χ1) is 12.7. The number of thioether (sulfide) groups is 1.